The van der Waals surface area contributed by atoms with Gasteiger partial charge in [-0.1, -0.05) is 13.8 Å². The predicted molar refractivity (Wildman–Crippen MR) is 75.2 cm³/mol. The first-order chi connectivity index (χ1) is 9.10. The number of hydrogen-bond donors (Lipinski definition) is 1. The third-order valence-corrected chi connectivity index (χ3v) is 2.70. The van der Waals surface area contributed by atoms with Gasteiger partial charge in [0.15, 0.2) is 0 Å². The first kappa shape index (κ1) is 15.4. The third kappa shape index (κ3) is 4.52. The second-order valence-electron chi connectivity index (χ2n) is 4.85. The molecule has 0 aliphatic carbocycles. The van der Waals surface area contributed by atoms with Crippen molar-refractivity contribution >= 4 is 5.91 Å². The van der Waals surface area contributed by atoms with Crippen LogP contribution in [0.2, 0.25) is 0 Å². The molecule has 1 rings (SSSR count). The molecule has 0 aromatic carbocycles. The van der Waals surface area contributed by atoms with E-state index < -0.39 is 0 Å². The molecule has 1 aromatic rings. The van der Waals surface area contributed by atoms with Gasteiger partial charge in [-0.25, -0.2) is 4.98 Å². The van der Waals surface area contributed by atoms with E-state index in [4.69, 9.17) is 10.5 Å². The summed E-state index contributed by atoms with van der Waals surface area (Å²) in [6.07, 6.45) is 2.41. The van der Waals surface area contributed by atoms with Gasteiger partial charge in [0.25, 0.3) is 5.91 Å². The van der Waals surface area contributed by atoms with Crippen LogP contribution in [-0.4, -0.2) is 42.5 Å². The lowest BCUT2D eigenvalue weighted by molar-refractivity contribution is 0.0731. The van der Waals surface area contributed by atoms with Crippen LogP contribution in [0.4, 0.5) is 0 Å². The van der Waals surface area contributed by atoms with Crippen LogP contribution in [0.1, 0.15) is 30.6 Å². The number of carbonyl (C=O) groups is 1. The number of methoxy groups -OCH3 is 1. The van der Waals surface area contributed by atoms with Crippen LogP contribution >= 0.6 is 0 Å². The van der Waals surface area contributed by atoms with E-state index in [9.17, 15) is 4.79 Å². The van der Waals surface area contributed by atoms with Crippen LogP contribution in [-0.2, 0) is 0 Å². The molecule has 5 nitrogen and oxygen atoms in total. The Morgan fingerprint density at radius 3 is 2.84 bits per heavy atom. The maximum atomic E-state index is 12.5. The number of amides is 1. The molecule has 1 heterocycles. The van der Waals surface area contributed by atoms with E-state index in [1.165, 1.54) is 7.11 Å². The zero-order valence-corrected chi connectivity index (χ0v) is 11.9. The molecular weight excluding hydrogens is 242 g/mol. The number of rotatable bonds is 7. The van der Waals surface area contributed by atoms with Gasteiger partial charge < -0.3 is 15.4 Å². The van der Waals surface area contributed by atoms with Crippen LogP contribution in [0.15, 0.2) is 18.3 Å². The van der Waals surface area contributed by atoms with Crippen molar-refractivity contribution in [3.05, 3.63) is 23.9 Å². The van der Waals surface area contributed by atoms with E-state index in [1.54, 1.807) is 18.3 Å². The molecule has 0 saturated carbocycles. The molecule has 106 valence electrons. The SMILES string of the molecule is COc1ncccc1C(=O)N(CCCN)CC(C)C. The molecule has 0 bridgehead atoms. The lowest BCUT2D eigenvalue weighted by Gasteiger charge is -2.25. The zero-order valence-electron chi connectivity index (χ0n) is 11.9. The van der Waals surface area contributed by atoms with Gasteiger partial charge in [0.1, 0.15) is 5.56 Å². The monoisotopic (exact) mass is 265 g/mol. The van der Waals surface area contributed by atoms with Crippen molar-refractivity contribution in [2.24, 2.45) is 11.7 Å². The van der Waals surface area contributed by atoms with Gasteiger partial charge in [-0.3, -0.25) is 4.79 Å². The summed E-state index contributed by atoms with van der Waals surface area (Å²) >= 11 is 0. The smallest absolute Gasteiger partial charge is 0.259 e. The Labute approximate surface area is 114 Å². The number of carbonyl (C=O) groups excluding carboxylic acids is 1. The third-order valence-electron chi connectivity index (χ3n) is 2.70. The number of nitrogens with zero attached hydrogens (tertiary/aromatic N) is 2. The Morgan fingerprint density at radius 1 is 1.53 bits per heavy atom. The summed E-state index contributed by atoms with van der Waals surface area (Å²) in [6, 6.07) is 3.48. The van der Waals surface area contributed by atoms with E-state index in [2.05, 4.69) is 18.8 Å². The number of hydrogen-bond acceptors (Lipinski definition) is 4. The van der Waals surface area contributed by atoms with Gasteiger partial charge in [0.2, 0.25) is 5.88 Å². The second kappa shape index (κ2) is 7.74. The molecular formula is C14H23N3O2. The zero-order chi connectivity index (χ0) is 14.3. The summed E-state index contributed by atoms with van der Waals surface area (Å²) in [5.41, 5.74) is 6.03. The topological polar surface area (TPSA) is 68.5 Å². The van der Waals surface area contributed by atoms with E-state index in [1.807, 2.05) is 4.90 Å². The van der Waals surface area contributed by atoms with E-state index in [-0.39, 0.29) is 5.91 Å². The highest BCUT2D eigenvalue weighted by Gasteiger charge is 2.20. The minimum Gasteiger partial charge on any atom is -0.480 e. The molecule has 0 aliphatic heterocycles. The summed E-state index contributed by atoms with van der Waals surface area (Å²) in [4.78, 5) is 18.4. The van der Waals surface area contributed by atoms with Crippen LogP contribution < -0.4 is 10.5 Å². The lowest BCUT2D eigenvalue weighted by atomic mass is 10.1. The summed E-state index contributed by atoms with van der Waals surface area (Å²) in [7, 11) is 1.52. The van der Waals surface area contributed by atoms with Crippen molar-refractivity contribution in [2.75, 3.05) is 26.7 Å². The van der Waals surface area contributed by atoms with Crippen molar-refractivity contribution in [3.63, 3.8) is 0 Å². The number of ether oxygens (including phenoxy) is 1. The molecule has 0 fully saturated rings. The van der Waals surface area contributed by atoms with Gasteiger partial charge in [-0.15, -0.1) is 0 Å². The molecule has 0 saturated heterocycles. The maximum absolute atomic E-state index is 12.5. The molecule has 0 atom stereocenters. The minimum atomic E-state index is -0.0490. The van der Waals surface area contributed by atoms with Crippen LogP contribution in [0.25, 0.3) is 0 Å². The molecule has 0 spiro atoms. The number of nitrogens with two attached hydrogens (primary N) is 1. The predicted octanol–water partition coefficient (Wildman–Crippen LogP) is 1.54. The van der Waals surface area contributed by atoms with Gasteiger partial charge in [-0.05, 0) is 31.0 Å². The van der Waals surface area contributed by atoms with Crippen LogP contribution in [0, 0.1) is 5.92 Å². The highest BCUT2D eigenvalue weighted by molar-refractivity contribution is 5.96. The second-order valence-corrected chi connectivity index (χ2v) is 4.85. The Hall–Kier alpha value is -1.62. The van der Waals surface area contributed by atoms with Crippen LogP contribution in [0.5, 0.6) is 5.88 Å². The Bertz CT molecular complexity index is 407. The first-order valence-corrected chi connectivity index (χ1v) is 6.58. The molecule has 0 radical (unpaired) electrons. The van der Waals surface area contributed by atoms with E-state index in [0.29, 0.717) is 37.0 Å². The minimum absolute atomic E-state index is 0.0490. The summed E-state index contributed by atoms with van der Waals surface area (Å²) < 4.78 is 5.14. The average Bonchev–Trinajstić information content (AvgIpc) is 2.42. The molecule has 1 aromatic heterocycles. The Morgan fingerprint density at radius 2 is 2.26 bits per heavy atom. The fourth-order valence-electron chi connectivity index (χ4n) is 1.89. The molecule has 5 heteroatoms. The normalized spacial score (nSPS) is 10.6. The van der Waals surface area contributed by atoms with Crippen LogP contribution in [0.3, 0.4) is 0 Å². The highest BCUT2D eigenvalue weighted by atomic mass is 16.5. The fraction of sp³-hybridized carbons (Fsp3) is 0.571. The van der Waals surface area contributed by atoms with Gasteiger partial charge in [0, 0.05) is 19.3 Å². The largest absolute Gasteiger partial charge is 0.480 e. The van der Waals surface area contributed by atoms with Gasteiger partial charge >= 0.3 is 0 Å². The first-order valence-electron chi connectivity index (χ1n) is 6.58. The molecule has 2 N–H and O–H groups in total. The summed E-state index contributed by atoms with van der Waals surface area (Å²) in [6.45, 7) is 6.11. The highest BCUT2D eigenvalue weighted by Crippen LogP contribution is 2.17. The standard InChI is InChI=1S/C14H23N3O2/c1-11(2)10-17(9-5-7-15)14(18)12-6-4-8-16-13(12)19-3/h4,6,8,11H,5,7,9-10,15H2,1-3H3. The molecule has 0 aliphatic rings. The van der Waals surface area contributed by atoms with Gasteiger partial charge in [-0.2, -0.15) is 0 Å². The average molecular weight is 265 g/mol. The Kier molecular flexibility index (Phi) is 6.29. The maximum Gasteiger partial charge on any atom is 0.259 e. The van der Waals surface area contributed by atoms with Crippen molar-refractivity contribution in [2.45, 2.75) is 20.3 Å². The Balaban J connectivity index is 2.90. The number of aromatic nitrogens is 1. The quantitative estimate of drug-likeness (QED) is 0.812. The molecule has 1 amide bonds. The van der Waals surface area contributed by atoms with Crippen molar-refractivity contribution in [1.82, 2.24) is 9.88 Å². The molecule has 19 heavy (non-hydrogen) atoms. The van der Waals surface area contributed by atoms with Crippen molar-refractivity contribution < 1.29 is 9.53 Å². The van der Waals surface area contributed by atoms with Gasteiger partial charge in [0.05, 0.1) is 7.11 Å². The van der Waals surface area contributed by atoms with E-state index in [0.717, 1.165) is 6.42 Å². The molecule has 0 unspecified atom stereocenters. The van der Waals surface area contributed by atoms with Crippen molar-refractivity contribution in [3.8, 4) is 5.88 Å². The van der Waals surface area contributed by atoms with E-state index >= 15 is 0 Å². The summed E-state index contributed by atoms with van der Waals surface area (Å²) in [5.74, 6) is 0.727. The number of pyridine rings is 1. The lowest BCUT2D eigenvalue weighted by Crippen LogP contribution is -2.36. The van der Waals surface area contributed by atoms with Crippen molar-refractivity contribution in [1.29, 1.82) is 0 Å². The summed E-state index contributed by atoms with van der Waals surface area (Å²) in [5, 5.41) is 0. The fourth-order valence-corrected chi connectivity index (χ4v) is 1.89.